The molecule has 0 saturated carbocycles. The zero-order valence-electron chi connectivity index (χ0n) is 10.0. The monoisotopic (exact) mass is 274 g/mol. The number of hydrogen-bond acceptors (Lipinski definition) is 5. The molecule has 2 unspecified atom stereocenters. The van der Waals surface area contributed by atoms with Gasteiger partial charge in [-0.15, -0.1) is 0 Å². The summed E-state index contributed by atoms with van der Waals surface area (Å²) in [7, 11) is 0. The predicted molar refractivity (Wildman–Crippen MR) is 74.1 cm³/mol. The largest absolute Gasteiger partial charge is 0.477 e. The van der Waals surface area contributed by atoms with Gasteiger partial charge in [0.05, 0.1) is 6.10 Å². The second kappa shape index (κ2) is 7.71. The summed E-state index contributed by atoms with van der Waals surface area (Å²) < 4.78 is 11.0. The Bertz CT molecular complexity index is 291. The van der Waals surface area contributed by atoms with Crippen molar-refractivity contribution in [2.75, 3.05) is 6.61 Å². The Hall–Kier alpha value is -0.550. The molecule has 0 bridgehead atoms. The van der Waals surface area contributed by atoms with Crippen molar-refractivity contribution in [2.45, 2.75) is 44.0 Å². The number of hydrogen-bond donors (Lipinski definition) is 0. The number of rotatable bonds is 7. The highest BCUT2D eigenvalue weighted by Gasteiger charge is 2.21. The molecule has 0 aromatic rings. The van der Waals surface area contributed by atoms with E-state index < -0.39 is 0 Å². The van der Waals surface area contributed by atoms with Gasteiger partial charge < -0.3 is 9.47 Å². The fourth-order valence-electron chi connectivity index (χ4n) is 1.62. The molecule has 1 fully saturated rings. The first-order chi connectivity index (χ1) is 8.11. The van der Waals surface area contributed by atoms with Crippen LogP contribution in [0.15, 0.2) is 12.7 Å². The normalized spacial score (nSPS) is 20.8. The molecule has 17 heavy (non-hydrogen) atoms. The van der Waals surface area contributed by atoms with E-state index in [2.05, 4.69) is 6.58 Å². The van der Waals surface area contributed by atoms with Crippen molar-refractivity contribution in [1.82, 2.24) is 0 Å². The van der Waals surface area contributed by atoms with Crippen LogP contribution in [0.4, 0.5) is 0 Å². The molecule has 0 N–H and O–H groups in total. The zero-order valence-corrected chi connectivity index (χ0v) is 11.6. The third-order valence-corrected chi connectivity index (χ3v) is 3.94. The van der Waals surface area contributed by atoms with Crippen molar-refractivity contribution in [2.24, 2.45) is 0 Å². The summed E-state index contributed by atoms with van der Waals surface area (Å²) in [6.07, 6.45) is 5.32. The van der Waals surface area contributed by atoms with Gasteiger partial charge in [0, 0.05) is 11.3 Å². The van der Waals surface area contributed by atoms with E-state index in [0.29, 0.717) is 9.63 Å². The van der Waals surface area contributed by atoms with Crippen molar-refractivity contribution in [3.63, 3.8) is 0 Å². The Morgan fingerprint density at radius 2 is 2.53 bits per heavy atom. The molecule has 96 valence electrons. The van der Waals surface area contributed by atoms with Gasteiger partial charge in [0.15, 0.2) is 0 Å². The first-order valence-corrected chi connectivity index (χ1v) is 7.07. The molecule has 0 aromatic heterocycles. The van der Waals surface area contributed by atoms with Gasteiger partial charge in [-0.2, -0.15) is 0 Å². The van der Waals surface area contributed by atoms with Crippen LogP contribution in [-0.4, -0.2) is 28.3 Å². The molecule has 0 radical (unpaired) electrons. The molecule has 1 saturated heterocycles. The summed E-state index contributed by atoms with van der Waals surface area (Å²) in [4.78, 5) is 10.9. The summed E-state index contributed by atoms with van der Waals surface area (Å²) in [6, 6.07) is 0. The maximum Gasteiger partial charge on any atom is 0.330 e. The molecule has 1 aliphatic heterocycles. The summed E-state index contributed by atoms with van der Waals surface area (Å²) >= 11 is 6.60. The van der Waals surface area contributed by atoms with Crippen LogP contribution in [0.3, 0.4) is 0 Å². The van der Waals surface area contributed by atoms with Crippen molar-refractivity contribution in [1.29, 1.82) is 0 Å². The van der Waals surface area contributed by atoms with Gasteiger partial charge in [-0.1, -0.05) is 24.8 Å². The number of carbonyl (C=O) groups is 1. The van der Waals surface area contributed by atoms with Crippen LogP contribution in [0.25, 0.3) is 0 Å². The lowest BCUT2D eigenvalue weighted by atomic mass is 10.1. The third-order valence-electron chi connectivity index (χ3n) is 2.52. The second-order valence-corrected chi connectivity index (χ2v) is 5.94. The van der Waals surface area contributed by atoms with Crippen LogP contribution in [0.5, 0.6) is 0 Å². The molecular weight excluding hydrogens is 256 g/mol. The van der Waals surface area contributed by atoms with Crippen molar-refractivity contribution in [3.8, 4) is 0 Å². The van der Waals surface area contributed by atoms with Crippen LogP contribution in [0, 0.1) is 0 Å². The van der Waals surface area contributed by atoms with E-state index >= 15 is 0 Å². The van der Waals surface area contributed by atoms with E-state index in [9.17, 15) is 4.79 Å². The highest BCUT2D eigenvalue weighted by Crippen LogP contribution is 2.27. The lowest BCUT2D eigenvalue weighted by Gasteiger charge is -2.12. The lowest BCUT2D eigenvalue weighted by Crippen LogP contribution is -2.13. The number of ether oxygens (including phenoxy) is 2. The minimum atomic E-state index is -0.345. The number of unbranched alkanes of at least 4 members (excludes halogenated alkanes) is 1. The maximum atomic E-state index is 10.9. The Kier molecular flexibility index (Phi) is 6.58. The van der Waals surface area contributed by atoms with E-state index in [4.69, 9.17) is 21.7 Å². The average Bonchev–Trinajstić information content (AvgIpc) is 2.70. The molecule has 0 amide bonds. The van der Waals surface area contributed by atoms with E-state index in [1.165, 1.54) is 6.08 Å². The van der Waals surface area contributed by atoms with Crippen LogP contribution < -0.4 is 0 Å². The Morgan fingerprint density at radius 3 is 3.12 bits per heavy atom. The Balaban J connectivity index is 2.01. The average molecular weight is 274 g/mol. The maximum absolute atomic E-state index is 10.9. The van der Waals surface area contributed by atoms with Gasteiger partial charge in [-0.05, 0) is 38.4 Å². The topological polar surface area (TPSA) is 35.5 Å². The SMILES string of the molecule is C=CC(=O)OC(C)CCCCC1COC(=S)S1. The van der Waals surface area contributed by atoms with E-state index in [1.54, 1.807) is 11.8 Å². The fraction of sp³-hybridized carbons (Fsp3) is 0.667. The molecule has 0 aliphatic carbocycles. The minimum absolute atomic E-state index is 0.0333. The Labute approximate surface area is 112 Å². The quantitative estimate of drug-likeness (QED) is 0.308. The molecule has 1 heterocycles. The minimum Gasteiger partial charge on any atom is -0.477 e. The summed E-state index contributed by atoms with van der Waals surface area (Å²) in [6.45, 7) is 6.01. The van der Waals surface area contributed by atoms with Crippen molar-refractivity contribution >= 4 is 34.3 Å². The highest BCUT2D eigenvalue weighted by molar-refractivity contribution is 8.23. The fourth-order valence-corrected chi connectivity index (χ4v) is 2.92. The van der Waals surface area contributed by atoms with Gasteiger partial charge in [0.1, 0.15) is 6.61 Å². The lowest BCUT2D eigenvalue weighted by molar-refractivity contribution is -0.142. The zero-order chi connectivity index (χ0) is 12.7. The Morgan fingerprint density at radius 1 is 1.76 bits per heavy atom. The van der Waals surface area contributed by atoms with Crippen LogP contribution in [0.2, 0.25) is 0 Å². The molecule has 1 rings (SSSR count). The summed E-state index contributed by atoms with van der Waals surface area (Å²) in [5.74, 6) is -0.345. The van der Waals surface area contributed by atoms with E-state index in [-0.39, 0.29) is 12.1 Å². The highest BCUT2D eigenvalue weighted by atomic mass is 32.2. The smallest absolute Gasteiger partial charge is 0.330 e. The first-order valence-electron chi connectivity index (χ1n) is 5.78. The molecule has 1 aliphatic rings. The standard InChI is InChI=1S/C12H18O3S2/c1-3-11(13)15-9(2)6-4-5-7-10-8-14-12(16)17-10/h3,9-10H,1,4-8H2,2H3. The predicted octanol–water partition coefficient (Wildman–Crippen LogP) is 3.08. The van der Waals surface area contributed by atoms with Crippen LogP contribution in [-0.2, 0) is 14.3 Å². The molecule has 0 aromatic carbocycles. The third kappa shape index (κ3) is 6.07. The van der Waals surface area contributed by atoms with Crippen molar-refractivity contribution < 1.29 is 14.3 Å². The number of carbonyl (C=O) groups excluding carboxylic acids is 1. The number of thioether (sulfide) groups is 1. The molecule has 2 atom stereocenters. The molecule has 3 nitrogen and oxygen atoms in total. The molecule has 0 spiro atoms. The van der Waals surface area contributed by atoms with Gasteiger partial charge in [-0.25, -0.2) is 4.79 Å². The van der Waals surface area contributed by atoms with Crippen molar-refractivity contribution in [3.05, 3.63) is 12.7 Å². The number of thiocarbonyl (C=S) groups is 1. The molecular formula is C12H18O3S2. The van der Waals surface area contributed by atoms with E-state index in [1.807, 2.05) is 6.92 Å². The van der Waals surface area contributed by atoms with Crippen LogP contribution in [0.1, 0.15) is 32.6 Å². The van der Waals surface area contributed by atoms with E-state index in [0.717, 1.165) is 32.3 Å². The van der Waals surface area contributed by atoms with Gasteiger partial charge in [-0.3, -0.25) is 0 Å². The summed E-state index contributed by atoms with van der Waals surface area (Å²) in [5.41, 5.74) is 0. The van der Waals surface area contributed by atoms with Gasteiger partial charge in [0.2, 0.25) is 4.38 Å². The second-order valence-electron chi connectivity index (χ2n) is 4.04. The van der Waals surface area contributed by atoms with Crippen LogP contribution >= 0.6 is 24.0 Å². The van der Waals surface area contributed by atoms with Gasteiger partial charge in [0.25, 0.3) is 0 Å². The summed E-state index contributed by atoms with van der Waals surface area (Å²) in [5, 5.41) is 0.508. The number of esters is 1. The first kappa shape index (κ1) is 14.5. The molecule has 5 heteroatoms. The van der Waals surface area contributed by atoms with Gasteiger partial charge >= 0.3 is 5.97 Å².